The molecule has 1 aliphatic rings. The highest BCUT2D eigenvalue weighted by Gasteiger charge is 2.29. The van der Waals surface area contributed by atoms with Gasteiger partial charge in [0.2, 0.25) is 5.09 Å². The number of hydrogen-bond donors (Lipinski definition) is 1. The number of furan rings is 1. The molecular weight excluding hydrogens is 256 g/mol. The van der Waals surface area contributed by atoms with Crippen LogP contribution in [0.1, 0.15) is 24.5 Å². The van der Waals surface area contributed by atoms with Gasteiger partial charge < -0.3 is 8.94 Å². The fourth-order valence-electron chi connectivity index (χ4n) is 1.77. The Hall–Kier alpha value is -1.60. The van der Waals surface area contributed by atoms with E-state index in [4.69, 9.17) is 8.94 Å². The van der Waals surface area contributed by atoms with Gasteiger partial charge in [0.15, 0.2) is 5.76 Å². The van der Waals surface area contributed by atoms with Crippen LogP contribution in [-0.4, -0.2) is 20.6 Å². The zero-order valence-electron chi connectivity index (χ0n) is 9.71. The Labute approximate surface area is 104 Å². The number of rotatable bonds is 4. The number of nitrogens with zero attached hydrogens (tertiary/aromatic N) is 1. The molecule has 3 rings (SSSR count). The van der Waals surface area contributed by atoms with Crippen LogP contribution >= 0.6 is 0 Å². The van der Waals surface area contributed by atoms with Crippen molar-refractivity contribution in [2.24, 2.45) is 0 Å². The summed E-state index contributed by atoms with van der Waals surface area (Å²) in [5.74, 6) is 0.873. The fourth-order valence-corrected chi connectivity index (χ4v) is 2.59. The lowest BCUT2D eigenvalue weighted by Gasteiger charge is -1.99. The molecule has 2 heterocycles. The van der Waals surface area contributed by atoms with Gasteiger partial charge in [0.05, 0.1) is 17.5 Å². The van der Waals surface area contributed by atoms with Crippen molar-refractivity contribution in [3.8, 4) is 11.3 Å². The number of nitrogens with one attached hydrogen (secondary N) is 1. The van der Waals surface area contributed by atoms with Gasteiger partial charge in [-0.15, -0.1) is 0 Å². The minimum atomic E-state index is -3.63. The summed E-state index contributed by atoms with van der Waals surface area (Å²) in [6.07, 6.45) is 3.54. The van der Waals surface area contributed by atoms with Crippen LogP contribution in [0.4, 0.5) is 0 Å². The first-order chi connectivity index (χ1) is 8.62. The first kappa shape index (κ1) is 11.5. The second kappa shape index (κ2) is 3.96. The average molecular weight is 268 g/mol. The monoisotopic (exact) mass is 268 g/mol. The maximum Gasteiger partial charge on any atom is 0.274 e. The van der Waals surface area contributed by atoms with Crippen molar-refractivity contribution in [2.75, 3.05) is 7.05 Å². The van der Waals surface area contributed by atoms with Crippen molar-refractivity contribution in [2.45, 2.75) is 23.9 Å². The van der Waals surface area contributed by atoms with Gasteiger partial charge >= 0.3 is 0 Å². The van der Waals surface area contributed by atoms with E-state index in [0.717, 1.165) is 18.5 Å². The summed E-state index contributed by atoms with van der Waals surface area (Å²) in [5, 5.41) is 3.80. The second-order valence-electron chi connectivity index (χ2n) is 4.22. The van der Waals surface area contributed by atoms with E-state index >= 15 is 0 Å². The van der Waals surface area contributed by atoms with E-state index in [0.29, 0.717) is 17.2 Å². The van der Waals surface area contributed by atoms with Crippen LogP contribution in [0.5, 0.6) is 0 Å². The van der Waals surface area contributed by atoms with E-state index < -0.39 is 10.0 Å². The quantitative estimate of drug-likeness (QED) is 0.912. The molecule has 1 saturated carbocycles. The molecule has 0 atom stereocenters. The van der Waals surface area contributed by atoms with Gasteiger partial charge in [-0.1, -0.05) is 5.16 Å². The molecule has 2 aromatic heterocycles. The Morgan fingerprint density at radius 3 is 2.89 bits per heavy atom. The van der Waals surface area contributed by atoms with Crippen LogP contribution in [-0.2, 0) is 10.0 Å². The smallest absolute Gasteiger partial charge is 0.274 e. The molecule has 1 aliphatic carbocycles. The van der Waals surface area contributed by atoms with Crippen molar-refractivity contribution in [1.82, 2.24) is 9.88 Å². The van der Waals surface area contributed by atoms with Gasteiger partial charge in [0.25, 0.3) is 10.0 Å². The Kier molecular flexibility index (Phi) is 2.53. The summed E-state index contributed by atoms with van der Waals surface area (Å²) in [7, 11) is -2.30. The van der Waals surface area contributed by atoms with Crippen molar-refractivity contribution in [1.29, 1.82) is 0 Å². The molecule has 7 heteroatoms. The predicted octanol–water partition coefficient (Wildman–Crippen LogP) is 1.72. The van der Waals surface area contributed by atoms with E-state index in [9.17, 15) is 8.42 Å². The number of hydrogen-bond acceptors (Lipinski definition) is 5. The van der Waals surface area contributed by atoms with Crippen LogP contribution in [0.3, 0.4) is 0 Å². The zero-order chi connectivity index (χ0) is 12.8. The molecule has 6 nitrogen and oxygen atoms in total. The first-order valence-corrected chi connectivity index (χ1v) is 7.08. The molecule has 18 heavy (non-hydrogen) atoms. The third kappa shape index (κ3) is 1.85. The van der Waals surface area contributed by atoms with Crippen LogP contribution in [0.25, 0.3) is 11.3 Å². The van der Waals surface area contributed by atoms with Crippen molar-refractivity contribution < 1.29 is 17.4 Å². The Bertz CT molecular complexity index is 667. The fraction of sp³-hybridized carbons (Fsp3) is 0.364. The lowest BCUT2D eigenvalue weighted by molar-refractivity contribution is 0.415. The minimum Gasteiger partial charge on any atom is -0.451 e. The Balaban J connectivity index is 2.03. The van der Waals surface area contributed by atoms with E-state index in [2.05, 4.69) is 9.88 Å². The summed E-state index contributed by atoms with van der Waals surface area (Å²) in [4.78, 5) is 0. The molecule has 0 bridgehead atoms. The third-order valence-corrected chi connectivity index (χ3v) is 4.27. The Morgan fingerprint density at radius 2 is 2.22 bits per heavy atom. The third-order valence-electron chi connectivity index (χ3n) is 2.93. The minimum absolute atomic E-state index is 0.150. The van der Waals surface area contributed by atoms with Crippen LogP contribution in [0.15, 0.2) is 32.4 Å². The topological polar surface area (TPSA) is 85.3 Å². The average Bonchev–Trinajstić information content (AvgIpc) is 2.92. The van der Waals surface area contributed by atoms with Crippen LogP contribution in [0, 0.1) is 0 Å². The van der Waals surface area contributed by atoms with Crippen molar-refractivity contribution in [3.63, 3.8) is 0 Å². The molecule has 1 N–H and O–H groups in total. The highest BCUT2D eigenvalue weighted by molar-refractivity contribution is 7.89. The second-order valence-corrected chi connectivity index (χ2v) is 6.01. The van der Waals surface area contributed by atoms with Crippen molar-refractivity contribution in [3.05, 3.63) is 24.1 Å². The van der Waals surface area contributed by atoms with Crippen LogP contribution in [0.2, 0.25) is 0 Å². The molecule has 0 aliphatic heterocycles. The standard InChI is InChI=1S/C11H12N2O4S/c1-12-18(14,15)11-8(4-5-16-11)10-6-9(13-17-10)7-2-3-7/h4-7,12H,2-3H2,1H3. The van der Waals surface area contributed by atoms with E-state index in [1.54, 1.807) is 12.1 Å². The molecule has 0 amide bonds. The van der Waals surface area contributed by atoms with Gasteiger partial charge in [-0.3, -0.25) is 0 Å². The summed E-state index contributed by atoms with van der Waals surface area (Å²) < 4.78 is 35.9. The summed E-state index contributed by atoms with van der Waals surface area (Å²) in [6, 6.07) is 3.33. The molecule has 0 spiro atoms. The molecule has 0 aromatic carbocycles. The lowest BCUT2D eigenvalue weighted by Crippen LogP contribution is -2.18. The molecule has 0 unspecified atom stereocenters. The largest absolute Gasteiger partial charge is 0.451 e. The molecule has 0 radical (unpaired) electrons. The summed E-state index contributed by atoms with van der Waals surface area (Å²) in [5.41, 5.74) is 1.27. The van der Waals surface area contributed by atoms with E-state index in [1.165, 1.54) is 13.3 Å². The SMILES string of the molecule is CNS(=O)(=O)c1occc1-c1cc(C2CC2)no1. The van der Waals surface area contributed by atoms with Crippen LogP contribution < -0.4 is 4.72 Å². The Morgan fingerprint density at radius 1 is 1.44 bits per heavy atom. The normalized spacial score (nSPS) is 16.1. The maximum atomic E-state index is 11.7. The number of sulfonamides is 1. The van der Waals surface area contributed by atoms with Gasteiger partial charge in [-0.05, 0) is 26.0 Å². The lowest BCUT2D eigenvalue weighted by atomic mass is 10.2. The molecule has 0 saturated heterocycles. The van der Waals surface area contributed by atoms with Crippen molar-refractivity contribution >= 4 is 10.0 Å². The summed E-state index contributed by atoms with van der Waals surface area (Å²) in [6.45, 7) is 0. The first-order valence-electron chi connectivity index (χ1n) is 5.60. The van der Waals surface area contributed by atoms with Gasteiger partial charge in [0.1, 0.15) is 0 Å². The van der Waals surface area contributed by atoms with Gasteiger partial charge in [-0.25, -0.2) is 13.1 Å². The summed E-state index contributed by atoms with van der Waals surface area (Å²) >= 11 is 0. The van der Waals surface area contributed by atoms with Gasteiger partial charge in [0, 0.05) is 12.0 Å². The molecule has 2 aromatic rings. The molecule has 1 fully saturated rings. The number of aromatic nitrogens is 1. The predicted molar refractivity (Wildman–Crippen MR) is 62.4 cm³/mol. The highest BCUT2D eigenvalue weighted by Crippen LogP contribution is 2.41. The van der Waals surface area contributed by atoms with E-state index in [1.807, 2.05) is 0 Å². The molecule has 96 valence electrons. The van der Waals surface area contributed by atoms with E-state index in [-0.39, 0.29) is 5.09 Å². The van der Waals surface area contributed by atoms with Gasteiger partial charge in [-0.2, -0.15) is 0 Å². The zero-order valence-corrected chi connectivity index (χ0v) is 10.5. The highest BCUT2D eigenvalue weighted by atomic mass is 32.2. The maximum absolute atomic E-state index is 11.7. The molecular formula is C11H12N2O4S.